The number of halogens is 1. The summed E-state index contributed by atoms with van der Waals surface area (Å²) in [5.41, 5.74) is 0.942. The van der Waals surface area contributed by atoms with E-state index in [1.165, 1.54) is 17.9 Å². The number of hydrogen-bond donors (Lipinski definition) is 0. The number of ketones is 1. The second-order valence-corrected chi connectivity index (χ2v) is 6.56. The third-order valence-corrected chi connectivity index (χ3v) is 4.88. The fourth-order valence-electron chi connectivity index (χ4n) is 2.89. The monoisotopic (exact) mass is 318 g/mol. The molecule has 0 unspecified atom stereocenters. The van der Waals surface area contributed by atoms with E-state index in [9.17, 15) is 9.18 Å². The van der Waals surface area contributed by atoms with E-state index in [0.29, 0.717) is 0 Å². The quantitative estimate of drug-likeness (QED) is 0.807. The number of carbonyl (C=O) groups is 1. The van der Waals surface area contributed by atoms with Gasteiger partial charge in [-0.25, -0.2) is 4.39 Å². The summed E-state index contributed by atoms with van der Waals surface area (Å²) >= 11 is 1.77. The van der Waals surface area contributed by atoms with Gasteiger partial charge >= 0.3 is 0 Å². The first-order valence-corrected chi connectivity index (χ1v) is 8.32. The van der Waals surface area contributed by atoms with Crippen molar-refractivity contribution < 1.29 is 9.18 Å². The first kappa shape index (κ1) is 15.2. The van der Waals surface area contributed by atoms with Crippen LogP contribution in [0.2, 0.25) is 0 Å². The molecule has 1 aromatic carbocycles. The Kier molecular flexibility index (Phi) is 4.55. The van der Waals surface area contributed by atoms with Crippen molar-refractivity contribution in [1.82, 2.24) is 4.90 Å². The van der Waals surface area contributed by atoms with Crippen LogP contribution >= 0.6 is 11.3 Å². The van der Waals surface area contributed by atoms with Gasteiger partial charge in [0.05, 0.1) is 11.3 Å². The highest BCUT2D eigenvalue weighted by Gasteiger charge is 2.22. The maximum atomic E-state index is 13.9. The summed E-state index contributed by atoms with van der Waals surface area (Å²) in [6, 6.07) is 9.09. The highest BCUT2D eigenvalue weighted by Crippen LogP contribution is 2.25. The minimum absolute atomic E-state index is 0.214. The first-order chi connectivity index (χ1) is 10.6. The van der Waals surface area contributed by atoms with Crippen molar-refractivity contribution >= 4 is 22.8 Å². The van der Waals surface area contributed by atoms with Gasteiger partial charge < -0.3 is 4.90 Å². The molecule has 1 aliphatic heterocycles. The SMILES string of the molecule is CC(=O)c1c(F)cccc1N1CCN(Cc2cccs2)CC1. The van der Waals surface area contributed by atoms with E-state index >= 15 is 0 Å². The minimum atomic E-state index is -0.425. The Morgan fingerprint density at radius 3 is 2.59 bits per heavy atom. The largest absolute Gasteiger partial charge is 0.368 e. The lowest BCUT2D eigenvalue weighted by molar-refractivity contribution is 0.101. The molecule has 0 N–H and O–H groups in total. The van der Waals surface area contributed by atoms with Crippen molar-refractivity contribution in [3.8, 4) is 0 Å². The van der Waals surface area contributed by atoms with Gasteiger partial charge in [0, 0.05) is 37.6 Å². The zero-order valence-corrected chi connectivity index (χ0v) is 13.4. The van der Waals surface area contributed by atoms with Crippen molar-refractivity contribution in [1.29, 1.82) is 0 Å². The molecule has 1 fully saturated rings. The molecule has 0 atom stereocenters. The molecule has 1 aromatic heterocycles. The van der Waals surface area contributed by atoms with Crippen LogP contribution in [0.1, 0.15) is 22.2 Å². The molecule has 0 bridgehead atoms. The zero-order valence-electron chi connectivity index (χ0n) is 12.6. The fourth-order valence-corrected chi connectivity index (χ4v) is 3.64. The van der Waals surface area contributed by atoms with E-state index in [4.69, 9.17) is 0 Å². The van der Waals surface area contributed by atoms with Crippen LogP contribution in [0.15, 0.2) is 35.7 Å². The van der Waals surface area contributed by atoms with Gasteiger partial charge in [0.1, 0.15) is 5.82 Å². The van der Waals surface area contributed by atoms with Crippen LogP contribution in [0.5, 0.6) is 0 Å². The van der Waals surface area contributed by atoms with Crippen LogP contribution in [0, 0.1) is 5.82 Å². The highest BCUT2D eigenvalue weighted by atomic mass is 32.1. The Balaban J connectivity index is 1.69. The number of rotatable bonds is 4. The summed E-state index contributed by atoms with van der Waals surface area (Å²) < 4.78 is 13.9. The second kappa shape index (κ2) is 6.58. The Morgan fingerprint density at radius 1 is 1.18 bits per heavy atom. The summed E-state index contributed by atoms with van der Waals surface area (Å²) in [6.45, 7) is 5.87. The van der Waals surface area contributed by atoms with Crippen molar-refractivity contribution in [3.05, 3.63) is 52.0 Å². The van der Waals surface area contributed by atoms with Gasteiger partial charge in [-0.15, -0.1) is 11.3 Å². The third kappa shape index (κ3) is 3.20. The van der Waals surface area contributed by atoms with Gasteiger partial charge in [-0.3, -0.25) is 9.69 Å². The molecule has 1 aliphatic rings. The van der Waals surface area contributed by atoms with Gasteiger partial charge in [0.2, 0.25) is 0 Å². The molecule has 0 saturated carbocycles. The number of hydrogen-bond acceptors (Lipinski definition) is 4. The van der Waals surface area contributed by atoms with Crippen LogP contribution in [0.4, 0.5) is 10.1 Å². The maximum absolute atomic E-state index is 13.9. The normalized spacial score (nSPS) is 16.0. The van der Waals surface area contributed by atoms with Gasteiger partial charge in [-0.05, 0) is 30.5 Å². The predicted octanol–water partition coefficient (Wildman–Crippen LogP) is 3.41. The third-order valence-electron chi connectivity index (χ3n) is 4.02. The number of carbonyl (C=O) groups excluding carboxylic acids is 1. The van der Waals surface area contributed by atoms with Crippen LogP contribution < -0.4 is 4.90 Å². The van der Waals surface area contributed by atoms with Crippen LogP contribution in [-0.2, 0) is 6.54 Å². The maximum Gasteiger partial charge on any atom is 0.164 e. The van der Waals surface area contributed by atoms with Crippen molar-refractivity contribution in [2.75, 3.05) is 31.1 Å². The molecule has 0 radical (unpaired) electrons. The molecule has 2 aromatic rings. The molecule has 0 aliphatic carbocycles. The topological polar surface area (TPSA) is 23.6 Å². The fraction of sp³-hybridized carbons (Fsp3) is 0.353. The number of nitrogens with zero attached hydrogens (tertiary/aromatic N) is 2. The van der Waals surface area contributed by atoms with Gasteiger partial charge in [-0.2, -0.15) is 0 Å². The Bertz CT molecular complexity index is 649. The average Bonchev–Trinajstić information content (AvgIpc) is 3.00. The zero-order chi connectivity index (χ0) is 15.5. The number of thiophene rings is 1. The van der Waals surface area contributed by atoms with E-state index in [1.54, 1.807) is 17.4 Å². The Hall–Kier alpha value is -1.72. The van der Waals surface area contributed by atoms with Gasteiger partial charge in [-0.1, -0.05) is 12.1 Å². The molecule has 22 heavy (non-hydrogen) atoms. The molecule has 3 nitrogen and oxygen atoms in total. The van der Waals surface area contributed by atoms with Crippen molar-refractivity contribution in [2.24, 2.45) is 0 Å². The number of piperazine rings is 1. The second-order valence-electron chi connectivity index (χ2n) is 5.53. The molecule has 1 saturated heterocycles. The molecule has 3 rings (SSSR count). The highest BCUT2D eigenvalue weighted by molar-refractivity contribution is 7.09. The lowest BCUT2D eigenvalue weighted by atomic mass is 10.1. The number of benzene rings is 1. The molecule has 116 valence electrons. The lowest BCUT2D eigenvalue weighted by Crippen LogP contribution is -2.46. The standard InChI is InChI=1S/C17H19FN2OS/c1-13(21)17-15(18)5-2-6-16(17)20-9-7-19(8-10-20)12-14-4-3-11-22-14/h2-6,11H,7-10,12H2,1H3. The molecular formula is C17H19FN2OS. The van der Waals surface area contributed by atoms with E-state index < -0.39 is 5.82 Å². The number of Topliss-reactive ketones (excluding diaryl/α,β-unsaturated/α-hetero) is 1. The summed E-state index contributed by atoms with van der Waals surface area (Å²) in [4.78, 5) is 17.6. The Morgan fingerprint density at radius 2 is 1.95 bits per heavy atom. The molecule has 0 amide bonds. The van der Waals surface area contributed by atoms with Gasteiger partial charge in [0.15, 0.2) is 5.78 Å². The molecule has 0 spiro atoms. The summed E-state index contributed by atoms with van der Waals surface area (Å²) in [6.07, 6.45) is 0. The van der Waals surface area contributed by atoms with E-state index in [1.807, 2.05) is 6.07 Å². The molecular weight excluding hydrogens is 299 g/mol. The smallest absolute Gasteiger partial charge is 0.164 e. The number of anilines is 1. The van der Waals surface area contributed by atoms with Gasteiger partial charge in [0.25, 0.3) is 0 Å². The minimum Gasteiger partial charge on any atom is -0.368 e. The summed E-state index contributed by atoms with van der Waals surface area (Å²) in [5, 5.41) is 2.09. The molecule has 5 heteroatoms. The van der Waals surface area contributed by atoms with Crippen LogP contribution in [-0.4, -0.2) is 36.9 Å². The average molecular weight is 318 g/mol. The molecule has 2 heterocycles. The summed E-state index contributed by atoms with van der Waals surface area (Å²) in [5.74, 6) is -0.639. The Labute approximate surface area is 134 Å². The van der Waals surface area contributed by atoms with E-state index in [0.717, 1.165) is 38.4 Å². The van der Waals surface area contributed by atoms with Crippen LogP contribution in [0.3, 0.4) is 0 Å². The van der Waals surface area contributed by atoms with Crippen molar-refractivity contribution in [2.45, 2.75) is 13.5 Å². The van der Waals surface area contributed by atoms with Crippen LogP contribution in [0.25, 0.3) is 0 Å². The summed E-state index contributed by atoms with van der Waals surface area (Å²) in [7, 11) is 0. The first-order valence-electron chi connectivity index (χ1n) is 7.44. The predicted molar refractivity (Wildman–Crippen MR) is 88.2 cm³/mol. The lowest BCUT2D eigenvalue weighted by Gasteiger charge is -2.36. The van der Waals surface area contributed by atoms with Crippen molar-refractivity contribution in [3.63, 3.8) is 0 Å². The van der Waals surface area contributed by atoms with E-state index in [-0.39, 0.29) is 11.3 Å². The van der Waals surface area contributed by atoms with E-state index in [2.05, 4.69) is 27.3 Å².